The molecule has 0 saturated carbocycles. The Hall–Kier alpha value is -1.02. The maximum Gasteiger partial charge on any atom is 0.123 e. The third-order valence-electron chi connectivity index (χ3n) is 3.32. The number of hydrogen-bond acceptors (Lipinski definition) is 2. The normalized spacial score (nSPS) is 14.4. The smallest absolute Gasteiger partial charge is 0.123 e. The maximum absolute atomic E-state index is 5.41. The molecule has 0 heterocycles. The lowest BCUT2D eigenvalue weighted by Gasteiger charge is -2.20. The van der Waals surface area contributed by atoms with E-state index in [2.05, 4.69) is 45.1 Å². The van der Waals surface area contributed by atoms with Crippen molar-refractivity contribution in [1.82, 2.24) is 5.32 Å². The molecule has 0 fully saturated rings. The van der Waals surface area contributed by atoms with Gasteiger partial charge in [0.25, 0.3) is 0 Å². The van der Waals surface area contributed by atoms with Gasteiger partial charge in [-0.15, -0.1) is 0 Å². The first-order valence-corrected chi connectivity index (χ1v) is 6.46. The Labute approximate surface area is 105 Å². The summed E-state index contributed by atoms with van der Waals surface area (Å²) in [5.41, 5.74) is 2.52. The van der Waals surface area contributed by atoms with E-state index in [1.54, 1.807) is 7.11 Å². The first-order valence-electron chi connectivity index (χ1n) is 6.46. The summed E-state index contributed by atoms with van der Waals surface area (Å²) in [6.07, 6.45) is 1.21. The number of methoxy groups -OCH3 is 1. The van der Waals surface area contributed by atoms with Crippen LogP contribution in [0.2, 0.25) is 0 Å². The Kier molecular flexibility index (Phi) is 5.49. The van der Waals surface area contributed by atoms with Crippen LogP contribution in [-0.2, 0) is 0 Å². The summed E-state index contributed by atoms with van der Waals surface area (Å²) >= 11 is 0. The fourth-order valence-electron chi connectivity index (χ4n) is 1.82. The van der Waals surface area contributed by atoms with E-state index in [1.165, 1.54) is 17.5 Å². The summed E-state index contributed by atoms with van der Waals surface area (Å²) in [6, 6.07) is 6.67. The monoisotopic (exact) mass is 235 g/mol. The van der Waals surface area contributed by atoms with Crippen LogP contribution in [0, 0.1) is 12.8 Å². The molecule has 17 heavy (non-hydrogen) atoms. The van der Waals surface area contributed by atoms with Crippen LogP contribution in [0.1, 0.15) is 44.4 Å². The van der Waals surface area contributed by atoms with Gasteiger partial charge in [-0.05, 0) is 32.4 Å². The zero-order chi connectivity index (χ0) is 12.8. The van der Waals surface area contributed by atoms with Gasteiger partial charge in [-0.1, -0.05) is 38.0 Å². The molecule has 1 aromatic rings. The molecule has 96 valence electrons. The fraction of sp³-hybridized carbons (Fsp3) is 0.600. The van der Waals surface area contributed by atoms with E-state index in [1.807, 2.05) is 6.07 Å². The minimum atomic E-state index is 0.332. The van der Waals surface area contributed by atoms with Gasteiger partial charge in [0.2, 0.25) is 0 Å². The largest absolute Gasteiger partial charge is 0.496 e. The molecule has 0 aliphatic carbocycles. The second kappa shape index (κ2) is 6.65. The van der Waals surface area contributed by atoms with E-state index in [9.17, 15) is 0 Å². The maximum atomic E-state index is 5.41. The van der Waals surface area contributed by atoms with Crippen LogP contribution in [0.15, 0.2) is 18.2 Å². The predicted octanol–water partition coefficient (Wildman–Crippen LogP) is 3.70. The minimum absolute atomic E-state index is 0.332. The van der Waals surface area contributed by atoms with Crippen LogP contribution >= 0.6 is 0 Å². The Morgan fingerprint density at radius 1 is 1.29 bits per heavy atom. The Bertz CT molecular complexity index is 349. The molecule has 0 saturated heterocycles. The van der Waals surface area contributed by atoms with Crippen LogP contribution in [0.25, 0.3) is 0 Å². The van der Waals surface area contributed by atoms with Crippen molar-refractivity contribution in [3.63, 3.8) is 0 Å². The number of rotatable bonds is 6. The second-order valence-electron chi connectivity index (χ2n) is 4.89. The molecule has 2 unspecified atom stereocenters. The summed E-state index contributed by atoms with van der Waals surface area (Å²) in [4.78, 5) is 0. The van der Waals surface area contributed by atoms with Crippen LogP contribution in [0.5, 0.6) is 5.75 Å². The number of nitrogens with one attached hydrogen (secondary N) is 1. The molecule has 1 aromatic carbocycles. The SMILES string of the molecule is CCC(C)CNC(C)c1cc(C)ccc1OC. The van der Waals surface area contributed by atoms with Gasteiger partial charge < -0.3 is 10.1 Å². The molecular formula is C15H25NO. The summed E-state index contributed by atoms with van der Waals surface area (Å²) in [5.74, 6) is 1.69. The average Bonchev–Trinajstić information content (AvgIpc) is 2.35. The lowest BCUT2D eigenvalue weighted by molar-refractivity contribution is 0.396. The molecule has 0 radical (unpaired) electrons. The molecule has 1 N–H and O–H groups in total. The Morgan fingerprint density at radius 3 is 2.59 bits per heavy atom. The van der Waals surface area contributed by atoms with E-state index in [4.69, 9.17) is 4.74 Å². The van der Waals surface area contributed by atoms with Gasteiger partial charge in [0.1, 0.15) is 5.75 Å². The van der Waals surface area contributed by atoms with Crippen LogP contribution in [0.4, 0.5) is 0 Å². The van der Waals surface area contributed by atoms with Crippen molar-refractivity contribution in [2.45, 2.75) is 40.2 Å². The van der Waals surface area contributed by atoms with Crippen LogP contribution < -0.4 is 10.1 Å². The highest BCUT2D eigenvalue weighted by molar-refractivity contribution is 5.38. The topological polar surface area (TPSA) is 21.3 Å². The number of benzene rings is 1. The fourth-order valence-corrected chi connectivity index (χ4v) is 1.82. The highest BCUT2D eigenvalue weighted by atomic mass is 16.5. The minimum Gasteiger partial charge on any atom is -0.496 e. The predicted molar refractivity (Wildman–Crippen MR) is 73.6 cm³/mol. The van der Waals surface area contributed by atoms with Crippen molar-refractivity contribution >= 4 is 0 Å². The third-order valence-corrected chi connectivity index (χ3v) is 3.32. The van der Waals surface area contributed by atoms with Gasteiger partial charge in [0, 0.05) is 11.6 Å². The number of aryl methyl sites for hydroxylation is 1. The molecule has 0 spiro atoms. The lowest BCUT2D eigenvalue weighted by atomic mass is 10.0. The summed E-state index contributed by atoms with van der Waals surface area (Å²) in [7, 11) is 1.73. The summed E-state index contributed by atoms with van der Waals surface area (Å²) in [5, 5.41) is 3.57. The van der Waals surface area contributed by atoms with Crippen molar-refractivity contribution in [3.8, 4) is 5.75 Å². The molecule has 0 aromatic heterocycles. The molecule has 0 amide bonds. The van der Waals surface area contributed by atoms with Gasteiger partial charge in [0.05, 0.1) is 7.11 Å². The number of hydrogen-bond donors (Lipinski definition) is 1. The van der Waals surface area contributed by atoms with Crippen LogP contribution in [0.3, 0.4) is 0 Å². The standard InChI is InChI=1S/C15H25NO/c1-6-11(2)10-16-13(4)14-9-12(3)7-8-15(14)17-5/h7-9,11,13,16H,6,10H2,1-5H3. The molecule has 0 aliphatic rings. The van der Waals surface area contributed by atoms with E-state index in [0.29, 0.717) is 12.0 Å². The third kappa shape index (κ3) is 4.04. The molecule has 2 atom stereocenters. The zero-order valence-electron chi connectivity index (χ0n) is 11.7. The summed E-state index contributed by atoms with van der Waals surface area (Å²) in [6.45, 7) is 9.86. The first kappa shape index (κ1) is 14.0. The second-order valence-corrected chi connectivity index (χ2v) is 4.89. The van der Waals surface area contributed by atoms with Gasteiger partial charge in [0.15, 0.2) is 0 Å². The van der Waals surface area contributed by atoms with Crippen molar-refractivity contribution in [2.24, 2.45) is 5.92 Å². The first-order chi connectivity index (χ1) is 8.08. The molecular weight excluding hydrogens is 210 g/mol. The molecule has 1 rings (SSSR count). The van der Waals surface area contributed by atoms with Gasteiger partial charge in [-0.25, -0.2) is 0 Å². The van der Waals surface area contributed by atoms with Gasteiger partial charge >= 0.3 is 0 Å². The molecule has 2 nitrogen and oxygen atoms in total. The van der Waals surface area contributed by atoms with E-state index in [0.717, 1.165) is 12.3 Å². The van der Waals surface area contributed by atoms with Crippen molar-refractivity contribution in [1.29, 1.82) is 0 Å². The van der Waals surface area contributed by atoms with E-state index >= 15 is 0 Å². The quantitative estimate of drug-likeness (QED) is 0.811. The van der Waals surface area contributed by atoms with Gasteiger partial charge in [-0.2, -0.15) is 0 Å². The summed E-state index contributed by atoms with van der Waals surface area (Å²) < 4.78 is 5.41. The zero-order valence-corrected chi connectivity index (χ0v) is 11.7. The molecule has 2 heteroatoms. The Balaban J connectivity index is 2.73. The molecule has 0 aliphatic heterocycles. The van der Waals surface area contributed by atoms with Crippen LogP contribution in [-0.4, -0.2) is 13.7 Å². The van der Waals surface area contributed by atoms with Crippen molar-refractivity contribution in [2.75, 3.05) is 13.7 Å². The Morgan fingerprint density at radius 2 is 2.00 bits per heavy atom. The van der Waals surface area contributed by atoms with Crippen molar-refractivity contribution in [3.05, 3.63) is 29.3 Å². The highest BCUT2D eigenvalue weighted by Gasteiger charge is 2.11. The lowest BCUT2D eigenvalue weighted by Crippen LogP contribution is -2.24. The van der Waals surface area contributed by atoms with Gasteiger partial charge in [-0.3, -0.25) is 0 Å². The average molecular weight is 235 g/mol. The van der Waals surface area contributed by atoms with E-state index in [-0.39, 0.29) is 0 Å². The highest BCUT2D eigenvalue weighted by Crippen LogP contribution is 2.26. The molecule has 0 bridgehead atoms. The van der Waals surface area contributed by atoms with Crippen molar-refractivity contribution < 1.29 is 4.74 Å². The number of ether oxygens (including phenoxy) is 1. The van der Waals surface area contributed by atoms with E-state index < -0.39 is 0 Å².